The topological polar surface area (TPSA) is 125 Å². The van der Waals surface area contributed by atoms with Crippen molar-refractivity contribution in [3.05, 3.63) is 18.2 Å². The van der Waals surface area contributed by atoms with Crippen LogP contribution in [0.15, 0.2) is 23.1 Å². The normalized spacial score (nSPS) is 24.0. The van der Waals surface area contributed by atoms with Crippen LogP contribution in [0, 0.1) is 5.92 Å². The second kappa shape index (κ2) is 8.36. The first-order valence-corrected chi connectivity index (χ1v) is 12.3. The van der Waals surface area contributed by atoms with E-state index in [1.54, 1.807) is 13.8 Å². The third-order valence-corrected chi connectivity index (χ3v) is 8.13. The van der Waals surface area contributed by atoms with Gasteiger partial charge in [-0.05, 0) is 63.6 Å². The zero-order chi connectivity index (χ0) is 23.1. The highest BCUT2D eigenvalue weighted by Gasteiger charge is 2.56. The molecule has 1 unspecified atom stereocenters. The zero-order valence-corrected chi connectivity index (χ0v) is 19.0. The summed E-state index contributed by atoms with van der Waals surface area (Å²) in [5, 5.41) is 5.30. The van der Waals surface area contributed by atoms with Gasteiger partial charge in [-0.2, -0.15) is 4.31 Å². The van der Waals surface area contributed by atoms with Crippen LogP contribution in [0.5, 0.6) is 5.75 Å². The van der Waals surface area contributed by atoms with Gasteiger partial charge in [0.1, 0.15) is 22.7 Å². The van der Waals surface area contributed by atoms with Crippen molar-refractivity contribution >= 4 is 33.6 Å². The lowest BCUT2D eigenvalue weighted by molar-refractivity contribution is -0.134. The second-order valence-electron chi connectivity index (χ2n) is 8.55. The molecule has 1 aromatic carbocycles. The summed E-state index contributed by atoms with van der Waals surface area (Å²) < 4.78 is 33.1. The third kappa shape index (κ3) is 4.06. The third-order valence-electron chi connectivity index (χ3n) is 6.21. The Hall–Kier alpha value is -2.66. The molecule has 2 heterocycles. The molecule has 2 aliphatic heterocycles. The molecule has 1 aliphatic carbocycles. The molecule has 1 aromatic rings. The number of hydrogen-bond donors (Lipinski definition) is 2. The number of nitrogens with zero attached hydrogens (tertiary/aromatic N) is 2. The number of imide groups is 1. The standard InChI is InChI=1S/C21H28N4O6S/c1-3-31-16-9-8-15(12-17(16)32(29,30)24-10-4-5-11-24)22-18(26)13-25-19(27)21(2,14-6-7-14)23-20(25)28/h8-9,12,14H,3-7,10-11,13H2,1-2H3,(H,22,26)(H,23,28). The molecule has 0 spiro atoms. The molecule has 1 saturated carbocycles. The summed E-state index contributed by atoms with van der Waals surface area (Å²) >= 11 is 0. The minimum atomic E-state index is -3.78. The Balaban J connectivity index is 1.51. The molecule has 3 fully saturated rings. The Morgan fingerprint density at radius 3 is 2.56 bits per heavy atom. The van der Waals surface area contributed by atoms with Crippen molar-refractivity contribution in [1.29, 1.82) is 0 Å². The SMILES string of the molecule is CCOc1ccc(NC(=O)CN2C(=O)NC(C)(C3CC3)C2=O)cc1S(=O)(=O)N1CCCC1. The summed E-state index contributed by atoms with van der Waals surface area (Å²) in [4.78, 5) is 38.5. The van der Waals surface area contributed by atoms with Crippen molar-refractivity contribution in [2.75, 3.05) is 31.6 Å². The number of carbonyl (C=O) groups excluding carboxylic acids is 3. The van der Waals surface area contributed by atoms with Crippen molar-refractivity contribution in [2.24, 2.45) is 5.92 Å². The fourth-order valence-electron chi connectivity index (χ4n) is 4.27. The Labute approximate surface area is 187 Å². The molecule has 0 radical (unpaired) electrons. The number of urea groups is 1. The Kier molecular flexibility index (Phi) is 5.89. The van der Waals surface area contributed by atoms with Crippen molar-refractivity contribution in [3.63, 3.8) is 0 Å². The van der Waals surface area contributed by atoms with Crippen LogP contribution in [-0.2, 0) is 19.6 Å². The number of amides is 4. The lowest BCUT2D eigenvalue weighted by Crippen LogP contribution is -2.46. The molecular weight excluding hydrogens is 436 g/mol. The summed E-state index contributed by atoms with van der Waals surface area (Å²) in [6, 6.07) is 3.80. The fourth-order valence-corrected chi connectivity index (χ4v) is 5.94. The molecule has 4 amide bonds. The Morgan fingerprint density at radius 2 is 1.94 bits per heavy atom. The van der Waals surface area contributed by atoms with Gasteiger partial charge in [-0.25, -0.2) is 13.2 Å². The first kappa shape index (κ1) is 22.5. The van der Waals surface area contributed by atoms with Gasteiger partial charge in [0.05, 0.1) is 6.61 Å². The summed E-state index contributed by atoms with van der Waals surface area (Å²) in [7, 11) is -3.78. The molecular formula is C21H28N4O6S. The molecule has 2 saturated heterocycles. The molecule has 1 atom stereocenters. The van der Waals surface area contributed by atoms with Gasteiger partial charge in [-0.3, -0.25) is 14.5 Å². The quantitative estimate of drug-likeness (QED) is 0.562. The maximum atomic E-state index is 13.1. The minimum absolute atomic E-state index is 0.0182. The van der Waals surface area contributed by atoms with Crippen LogP contribution in [0.4, 0.5) is 10.5 Å². The van der Waals surface area contributed by atoms with E-state index in [9.17, 15) is 22.8 Å². The maximum absolute atomic E-state index is 13.1. The first-order valence-electron chi connectivity index (χ1n) is 10.9. The number of carbonyl (C=O) groups is 3. The van der Waals surface area contributed by atoms with E-state index in [0.29, 0.717) is 19.7 Å². The monoisotopic (exact) mass is 464 g/mol. The van der Waals surface area contributed by atoms with Crippen LogP contribution in [-0.4, -0.2) is 67.2 Å². The van der Waals surface area contributed by atoms with Crippen molar-refractivity contribution in [1.82, 2.24) is 14.5 Å². The van der Waals surface area contributed by atoms with E-state index in [1.165, 1.54) is 22.5 Å². The van der Waals surface area contributed by atoms with Gasteiger partial charge in [0.2, 0.25) is 15.9 Å². The minimum Gasteiger partial charge on any atom is -0.492 e. The van der Waals surface area contributed by atoms with Gasteiger partial charge in [-0.1, -0.05) is 0 Å². The van der Waals surface area contributed by atoms with E-state index >= 15 is 0 Å². The maximum Gasteiger partial charge on any atom is 0.325 e. The van der Waals surface area contributed by atoms with E-state index in [0.717, 1.165) is 30.6 Å². The summed E-state index contributed by atoms with van der Waals surface area (Å²) in [5.41, 5.74) is -0.721. The van der Waals surface area contributed by atoms with Crippen LogP contribution < -0.4 is 15.4 Å². The Morgan fingerprint density at radius 1 is 1.25 bits per heavy atom. The molecule has 32 heavy (non-hydrogen) atoms. The van der Waals surface area contributed by atoms with E-state index in [2.05, 4.69) is 10.6 Å². The molecule has 10 nitrogen and oxygen atoms in total. The molecule has 0 aromatic heterocycles. The van der Waals surface area contributed by atoms with E-state index in [-0.39, 0.29) is 22.3 Å². The lowest BCUT2D eigenvalue weighted by atomic mass is 9.96. The molecule has 4 rings (SSSR count). The molecule has 3 aliphatic rings. The highest BCUT2D eigenvalue weighted by atomic mass is 32.2. The molecule has 174 valence electrons. The highest BCUT2D eigenvalue weighted by Crippen LogP contribution is 2.42. The molecule has 0 bridgehead atoms. The number of nitrogens with one attached hydrogen (secondary N) is 2. The van der Waals surface area contributed by atoms with Gasteiger partial charge in [0.15, 0.2) is 0 Å². The number of benzene rings is 1. The first-order chi connectivity index (χ1) is 15.2. The van der Waals surface area contributed by atoms with Gasteiger partial charge in [-0.15, -0.1) is 0 Å². The lowest BCUT2D eigenvalue weighted by Gasteiger charge is -2.21. The number of sulfonamides is 1. The van der Waals surface area contributed by atoms with Gasteiger partial charge in [0, 0.05) is 18.8 Å². The number of ether oxygens (including phenoxy) is 1. The number of hydrogen-bond acceptors (Lipinski definition) is 6. The van der Waals surface area contributed by atoms with Gasteiger partial charge >= 0.3 is 6.03 Å². The van der Waals surface area contributed by atoms with Crippen LogP contribution in [0.2, 0.25) is 0 Å². The molecule has 11 heteroatoms. The van der Waals surface area contributed by atoms with Crippen molar-refractivity contribution in [2.45, 2.75) is 50.0 Å². The Bertz CT molecular complexity index is 1050. The number of anilines is 1. The highest BCUT2D eigenvalue weighted by molar-refractivity contribution is 7.89. The van der Waals surface area contributed by atoms with Crippen LogP contribution in [0.25, 0.3) is 0 Å². The van der Waals surface area contributed by atoms with E-state index in [1.807, 2.05) is 0 Å². The van der Waals surface area contributed by atoms with Crippen LogP contribution >= 0.6 is 0 Å². The summed E-state index contributed by atoms with van der Waals surface area (Å²) in [5.74, 6) is -0.699. The van der Waals surface area contributed by atoms with Gasteiger partial charge in [0.25, 0.3) is 5.91 Å². The predicted molar refractivity (Wildman–Crippen MR) is 116 cm³/mol. The van der Waals surface area contributed by atoms with Crippen LogP contribution in [0.3, 0.4) is 0 Å². The average Bonchev–Trinajstić information content (AvgIpc) is 3.41. The van der Waals surface area contributed by atoms with Crippen LogP contribution in [0.1, 0.15) is 39.5 Å². The fraction of sp³-hybridized carbons (Fsp3) is 0.571. The smallest absolute Gasteiger partial charge is 0.325 e. The largest absolute Gasteiger partial charge is 0.492 e. The average molecular weight is 465 g/mol. The van der Waals surface area contributed by atoms with E-state index < -0.39 is 40.0 Å². The summed E-state index contributed by atoms with van der Waals surface area (Å²) in [6.45, 7) is 4.17. The number of rotatable bonds is 8. The van der Waals surface area contributed by atoms with Gasteiger partial charge < -0.3 is 15.4 Å². The zero-order valence-electron chi connectivity index (χ0n) is 18.2. The predicted octanol–water partition coefficient (Wildman–Crippen LogP) is 1.53. The summed E-state index contributed by atoms with van der Waals surface area (Å²) in [6.07, 6.45) is 3.32. The molecule has 2 N–H and O–H groups in total. The van der Waals surface area contributed by atoms with Crippen molar-refractivity contribution in [3.8, 4) is 5.75 Å². The van der Waals surface area contributed by atoms with E-state index in [4.69, 9.17) is 4.74 Å². The second-order valence-corrected chi connectivity index (χ2v) is 10.5. The van der Waals surface area contributed by atoms with Crippen molar-refractivity contribution < 1.29 is 27.5 Å².